The minimum atomic E-state index is -4.26. The van der Waals surface area contributed by atoms with E-state index < -0.39 is 29.0 Å². The Bertz CT molecular complexity index is 846. The summed E-state index contributed by atoms with van der Waals surface area (Å²) in [6.45, 7) is 5.85. The number of Topliss-reactive ketones (excluding diaryl/α,β-unsaturated/α-hetero) is 1. The average Bonchev–Trinajstić information content (AvgIpc) is 3.28. The fourth-order valence-corrected chi connectivity index (χ4v) is 8.90. The highest BCUT2D eigenvalue weighted by Crippen LogP contribution is 2.71. The molecule has 4 saturated carbocycles. The maximum atomic E-state index is 14.8. The number of halogens is 3. The highest BCUT2D eigenvalue weighted by atomic mass is 19.4. The second-order valence-electron chi connectivity index (χ2n) is 12.0. The number of aliphatic hydroxyl groups is 1. The Morgan fingerprint density at radius 2 is 1.88 bits per heavy atom. The van der Waals surface area contributed by atoms with Crippen LogP contribution in [0.1, 0.15) is 78.6 Å². The van der Waals surface area contributed by atoms with E-state index in [0.717, 1.165) is 19.3 Å². The van der Waals surface area contributed by atoms with Gasteiger partial charge in [-0.05, 0) is 101 Å². The van der Waals surface area contributed by atoms with Gasteiger partial charge in [-0.25, -0.2) is 5.53 Å². The topological polar surface area (TPSA) is 77.0 Å². The van der Waals surface area contributed by atoms with Crippen LogP contribution in [0.3, 0.4) is 0 Å². The SMILES string of the molecule is CC1=NNN(CC(=O)C2CCC3C4CCC5CC(C)(O)CCC5(C(F)(F)F)C4CCC23C)N1. The van der Waals surface area contributed by atoms with Gasteiger partial charge in [0, 0.05) is 5.92 Å². The van der Waals surface area contributed by atoms with Crippen molar-refractivity contribution in [3.63, 3.8) is 0 Å². The molecule has 8 unspecified atom stereocenters. The number of nitrogens with zero attached hydrogens (tertiary/aromatic N) is 2. The molecule has 0 saturated heterocycles. The minimum Gasteiger partial charge on any atom is -0.390 e. The maximum absolute atomic E-state index is 14.8. The van der Waals surface area contributed by atoms with Crippen LogP contribution in [-0.2, 0) is 4.79 Å². The molecule has 0 aromatic carbocycles. The summed E-state index contributed by atoms with van der Waals surface area (Å²) in [5, 5.41) is 16.2. The van der Waals surface area contributed by atoms with Gasteiger partial charge < -0.3 is 5.11 Å². The van der Waals surface area contributed by atoms with Gasteiger partial charge in [0.2, 0.25) is 0 Å². The molecule has 1 aliphatic heterocycles. The van der Waals surface area contributed by atoms with Crippen LogP contribution < -0.4 is 11.0 Å². The predicted molar refractivity (Wildman–Crippen MR) is 117 cm³/mol. The smallest absolute Gasteiger partial charge is 0.390 e. The lowest BCUT2D eigenvalue weighted by Crippen LogP contribution is -2.62. The van der Waals surface area contributed by atoms with Gasteiger partial charge in [-0.15, -0.1) is 10.2 Å². The molecule has 0 bridgehead atoms. The van der Waals surface area contributed by atoms with Gasteiger partial charge in [0.05, 0.1) is 17.6 Å². The van der Waals surface area contributed by atoms with Crippen molar-refractivity contribution < 1.29 is 23.1 Å². The molecule has 5 aliphatic rings. The first-order valence-electron chi connectivity index (χ1n) is 12.5. The van der Waals surface area contributed by atoms with E-state index in [1.807, 2.05) is 6.92 Å². The van der Waals surface area contributed by atoms with E-state index in [1.54, 1.807) is 12.0 Å². The molecular formula is C24H37F3N4O2. The molecule has 4 aliphatic carbocycles. The van der Waals surface area contributed by atoms with Crippen LogP contribution in [-0.4, -0.2) is 40.2 Å². The summed E-state index contributed by atoms with van der Waals surface area (Å²) in [7, 11) is 0. The van der Waals surface area contributed by atoms with Crippen molar-refractivity contribution >= 4 is 11.6 Å². The zero-order valence-electron chi connectivity index (χ0n) is 19.8. The van der Waals surface area contributed by atoms with Crippen molar-refractivity contribution in [2.24, 2.45) is 45.5 Å². The molecule has 8 atom stereocenters. The zero-order valence-corrected chi connectivity index (χ0v) is 19.8. The first-order valence-corrected chi connectivity index (χ1v) is 12.5. The third kappa shape index (κ3) is 3.51. The number of hydrazine groups is 2. The van der Waals surface area contributed by atoms with Crippen LogP contribution in [0.25, 0.3) is 0 Å². The van der Waals surface area contributed by atoms with E-state index in [-0.39, 0.29) is 54.8 Å². The predicted octanol–water partition coefficient (Wildman–Crippen LogP) is 4.17. The lowest BCUT2D eigenvalue weighted by atomic mass is 9.43. The highest BCUT2D eigenvalue weighted by molar-refractivity contribution is 5.85. The number of carbonyl (C=O) groups is 1. The maximum Gasteiger partial charge on any atom is 0.395 e. The summed E-state index contributed by atoms with van der Waals surface area (Å²) >= 11 is 0. The molecule has 0 aromatic heterocycles. The van der Waals surface area contributed by atoms with Crippen LogP contribution in [0, 0.1) is 40.4 Å². The molecule has 6 nitrogen and oxygen atoms in total. The Balaban J connectivity index is 1.38. The van der Waals surface area contributed by atoms with Crippen LogP contribution in [0.2, 0.25) is 0 Å². The van der Waals surface area contributed by atoms with Gasteiger partial charge >= 0.3 is 6.18 Å². The second kappa shape index (κ2) is 7.57. The monoisotopic (exact) mass is 470 g/mol. The summed E-state index contributed by atoms with van der Waals surface area (Å²) < 4.78 is 44.5. The largest absolute Gasteiger partial charge is 0.395 e. The van der Waals surface area contributed by atoms with Crippen LogP contribution in [0.5, 0.6) is 0 Å². The molecule has 33 heavy (non-hydrogen) atoms. The molecule has 4 fully saturated rings. The summed E-state index contributed by atoms with van der Waals surface area (Å²) in [4.78, 5) is 13.3. The van der Waals surface area contributed by atoms with Gasteiger partial charge in [0.25, 0.3) is 0 Å². The summed E-state index contributed by atoms with van der Waals surface area (Å²) in [5.74, 6) is -0.0183. The van der Waals surface area contributed by atoms with Crippen molar-refractivity contribution in [1.29, 1.82) is 0 Å². The number of fused-ring (bicyclic) bond motifs is 5. The number of hydrogen-bond acceptors (Lipinski definition) is 6. The summed E-state index contributed by atoms with van der Waals surface area (Å²) in [5.41, 5.74) is 2.87. The highest BCUT2D eigenvalue weighted by Gasteiger charge is 2.71. The van der Waals surface area contributed by atoms with Crippen molar-refractivity contribution in [3.05, 3.63) is 0 Å². The summed E-state index contributed by atoms with van der Waals surface area (Å²) in [6.07, 6.45) is 0.343. The van der Waals surface area contributed by atoms with Crippen LogP contribution in [0.15, 0.2) is 5.10 Å². The zero-order chi connectivity index (χ0) is 23.8. The van der Waals surface area contributed by atoms with E-state index in [4.69, 9.17) is 0 Å². The lowest BCUT2D eigenvalue weighted by Gasteiger charge is -2.62. The van der Waals surface area contributed by atoms with Gasteiger partial charge in [0.1, 0.15) is 5.84 Å². The van der Waals surface area contributed by atoms with E-state index in [0.29, 0.717) is 25.1 Å². The minimum absolute atomic E-state index is 0.0103. The quantitative estimate of drug-likeness (QED) is 0.577. The molecule has 1 heterocycles. The summed E-state index contributed by atoms with van der Waals surface area (Å²) in [6, 6.07) is 0. The molecule has 0 radical (unpaired) electrons. The van der Waals surface area contributed by atoms with Gasteiger partial charge in [0.15, 0.2) is 5.78 Å². The lowest BCUT2D eigenvalue weighted by molar-refractivity contribution is -0.310. The first kappa shape index (κ1) is 23.4. The fourth-order valence-electron chi connectivity index (χ4n) is 8.90. The number of ketones is 1. The molecule has 0 spiro atoms. The van der Waals surface area contributed by atoms with Gasteiger partial charge in [-0.1, -0.05) is 6.92 Å². The molecule has 3 N–H and O–H groups in total. The van der Waals surface area contributed by atoms with Gasteiger partial charge in [-0.2, -0.15) is 13.2 Å². The average molecular weight is 471 g/mol. The number of amidine groups is 1. The Hall–Kier alpha value is -1.35. The number of hydrazone groups is 1. The van der Waals surface area contributed by atoms with Crippen molar-refractivity contribution in [1.82, 2.24) is 16.1 Å². The van der Waals surface area contributed by atoms with E-state index in [1.165, 1.54) is 0 Å². The Morgan fingerprint density at radius 3 is 2.55 bits per heavy atom. The van der Waals surface area contributed by atoms with Crippen molar-refractivity contribution in [2.75, 3.05) is 6.54 Å². The number of hydrogen-bond donors (Lipinski definition) is 3. The number of nitrogens with one attached hydrogen (secondary N) is 2. The molecule has 0 amide bonds. The number of carbonyl (C=O) groups excluding carboxylic acids is 1. The van der Waals surface area contributed by atoms with Crippen molar-refractivity contribution in [2.45, 2.75) is 90.3 Å². The molecular weight excluding hydrogens is 433 g/mol. The fraction of sp³-hybridized carbons (Fsp3) is 0.917. The number of alkyl halides is 3. The molecule has 9 heteroatoms. The second-order valence-corrected chi connectivity index (χ2v) is 12.0. The Morgan fingerprint density at radius 1 is 1.12 bits per heavy atom. The number of rotatable bonds is 3. The Kier molecular flexibility index (Phi) is 5.37. The normalized spacial score (nSPS) is 47.6. The third-order valence-electron chi connectivity index (χ3n) is 10.3. The Labute approximate surface area is 193 Å². The van der Waals surface area contributed by atoms with Gasteiger partial charge in [-0.3, -0.25) is 10.2 Å². The molecule has 186 valence electrons. The first-order chi connectivity index (χ1) is 15.4. The standard InChI is InChI=1S/C24H37F3N4O2/c1-14-28-30-31(29-14)13-20(32)19-7-6-17-16-5-4-15-12-21(2,33)10-11-23(15,24(25,26)27)18(16)8-9-22(17,19)3/h15-19,30,33H,4-13H2,1-3H3,(H,28,29). The van der Waals surface area contributed by atoms with Crippen LogP contribution >= 0.6 is 0 Å². The third-order valence-corrected chi connectivity index (χ3v) is 10.3. The molecule has 5 rings (SSSR count). The van der Waals surface area contributed by atoms with E-state index in [2.05, 4.69) is 23.0 Å². The van der Waals surface area contributed by atoms with E-state index >= 15 is 0 Å². The van der Waals surface area contributed by atoms with Crippen LogP contribution in [0.4, 0.5) is 13.2 Å². The van der Waals surface area contributed by atoms with E-state index in [9.17, 15) is 23.1 Å². The van der Waals surface area contributed by atoms with Crippen molar-refractivity contribution in [3.8, 4) is 0 Å². The molecule has 0 aromatic rings.